The minimum Gasteiger partial charge on any atom is -0.494 e. The Bertz CT molecular complexity index is 834. The number of nitrogen functional groups attached to an aromatic ring is 1. The number of carbonyl (C=O) groups excluding carboxylic acids is 1. The molecule has 1 heterocycles. The van der Waals surface area contributed by atoms with Gasteiger partial charge < -0.3 is 20.7 Å². The topological polar surface area (TPSA) is 115 Å². The lowest BCUT2D eigenvalue weighted by molar-refractivity contribution is -0.893. The molecule has 0 aliphatic carbocycles. The van der Waals surface area contributed by atoms with Gasteiger partial charge in [-0.1, -0.05) is 11.8 Å². The van der Waals surface area contributed by atoms with E-state index in [2.05, 4.69) is 29.1 Å². The summed E-state index contributed by atoms with van der Waals surface area (Å²) < 4.78 is 5.35. The van der Waals surface area contributed by atoms with Crippen LogP contribution in [0.4, 0.5) is 11.5 Å². The number of H-pyrrole nitrogens is 1. The number of quaternary nitrogens is 1. The van der Waals surface area contributed by atoms with Crippen molar-refractivity contribution >= 4 is 29.2 Å². The standard InChI is InChI=1S/C19H27N5O3S/c1-4-24(5-2)11-12-28-19-22-16(20)15(18(26)23-19)21-17(25)13-7-9-14(10-8-13)27-6-3/h7-10H,4-6,11-12H2,1-3H3,(H,21,25)(H3,20,22,23,26)/p+1. The van der Waals surface area contributed by atoms with Crippen molar-refractivity contribution in [3.63, 3.8) is 0 Å². The lowest BCUT2D eigenvalue weighted by atomic mass is 10.2. The number of thioether (sulfide) groups is 1. The van der Waals surface area contributed by atoms with Crippen LogP contribution in [0.1, 0.15) is 31.1 Å². The van der Waals surface area contributed by atoms with E-state index in [9.17, 15) is 9.59 Å². The van der Waals surface area contributed by atoms with Gasteiger partial charge in [-0.25, -0.2) is 4.98 Å². The molecule has 28 heavy (non-hydrogen) atoms. The Balaban J connectivity index is 2.03. The molecule has 1 aromatic heterocycles. The molecule has 2 aromatic rings. The largest absolute Gasteiger partial charge is 0.494 e. The third-order valence-corrected chi connectivity index (χ3v) is 5.16. The van der Waals surface area contributed by atoms with Gasteiger partial charge in [0, 0.05) is 5.56 Å². The number of rotatable bonds is 10. The van der Waals surface area contributed by atoms with Crippen molar-refractivity contribution in [2.45, 2.75) is 25.9 Å². The normalized spacial score (nSPS) is 10.9. The molecular weight excluding hydrogens is 378 g/mol. The first-order chi connectivity index (χ1) is 13.5. The Kier molecular flexibility index (Phi) is 8.34. The Morgan fingerprint density at radius 2 is 1.93 bits per heavy atom. The minimum atomic E-state index is -0.468. The smallest absolute Gasteiger partial charge is 0.277 e. The van der Waals surface area contributed by atoms with Crippen LogP contribution >= 0.6 is 11.8 Å². The monoisotopic (exact) mass is 406 g/mol. The summed E-state index contributed by atoms with van der Waals surface area (Å²) in [4.78, 5) is 33.1. The number of aromatic amines is 1. The lowest BCUT2D eigenvalue weighted by Crippen LogP contribution is -3.11. The van der Waals surface area contributed by atoms with E-state index in [1.807, 2.05) is 6.92 Å². The number of hydrogen-bond donors (Lipinski definition) is 4. The number of ether oxygens (including phenoxy) is 1. The quantitative estimate of drug-likeness (QED) is 0.346. The highest BCUT2D eigenvalue weighted by Crippen LogP contribution is 2.18. The van der Waals surface area contributed by atoms with Crippen molar-refractivity contribution in [2.24, 2.45) is 0 Å². The molecule has 0 fully saturated rings. The molecule has 0 unspecified atom stereocenters. The van der Waals surface area contributed by atoms with E-state index in [0.29, 0.717) is 23.1 Å². The molecule has 0 aliphatic heterocycles. The Morgan fingerprint density at radius 3 is 2.50 bits per heavy atom. The summed E-state index contributed by atoms with van der Waals surface area (Å²) >= 11 is 1.44. The predicted molar refractivity (Wildman–Crippen MR) is 112 cm³/mol. The summed E-state index contributed by atoms with van der Waals surface area (Å²) in [6.07, 6.45) is 0. The highest BCUT2D eigenvalue weighted by molar-refractivity contribution is 7.99. The van der Waals surface area contributed by atoms with Crippen LogP contribution in [-0.4, -0.2) is 47.9 Å². The number of hydrogen-bond acceptors (Lipinski definition) is 6. The van der Waals surface area contributed by atoms with Gasteiger partial charge in [-0.15, -0.1) is 0 Å². The third-order valence-electron chi connectivity index (χ3n) is 4.29. The molecule has 1 aromatic carbocycles. The summed E-state index contributed by atoms with van der Waals surface area (Å²) in [7, 11) is 0. The van der Waals surface area contributed by atoms with Crippen molar-refractivity contribution in [3.05, 3.63) is 40.2 Å². The summed E-state index contributed by atoms with van der Waals surface area (Å²) in [5.74, 6) is 1.05. The average molecular weight is 407 g/mol. The molecule has 0 saturated heterocycles. The van der Waals surface area contributed by atoms with Crippen LogP contribution < -0.4 is 26.2 Å². The lowest BCUT2D eigenvalue weighted by Gasteiger charge is -2.14. The number of aromatic nitrogens is 2. The van der Waals surface area contributed by atoms with Gasteiger partial charge in [0.05, 0.1) is 32.0 Å². The maximum absolute atomic E-state index is 12.4. The van der Waals surface area contributed by atoms with Gasteiger partial charge in [0.15, 0.2) is 11.0 Å². The molecule has 5 N–H and O–H groups in total. The van der Waals surface area contributed by atoms with Crippen LogP contribution in [0.3, 0.4) is 0 Å². The second-order valence-corrected chi connectivity index (χ2v) is 7.18. The maximum atomic E-state index is 12.4. The Labute approximate surface area is 168 Å². The molecule has 0 bridgehead atoms. The highest BCUT2D eigenvalue weighted by Gasteiger charge is 2.14. The number of nitrogens with two attached hydrogens (primary N) is 1. The number of nitrogens with one attached hydrogen (secondary N) is 3. The van der Waals surface area contributed by atoms with Crippen LogP contribution in [0, 0.1) is 0 Å². The van der Waals surface area contributed by atoms with Gasteiger partial charge in [0.2, 0.25) is 0 Å². The first-order valence-electron chi connectivity index (χ1n) is 9.38. The van der Waals surface area contributed by atoms with Crippen molar-refractivity contribution in [3.8, 4) is 5.75 Å². The van der Waals surface area contributed by atoms with Gasteiger partial charge >= 0.3 is 0 Å². The highest BCUT2D eigenvalue weighted by atomic mass is 32.2. The van der Waals surface area contributed by atoms with Gasteiger partial charge in [-0.3, -0.25) is 14.6 Å². The molecule has 152 valence electrons. The molecule has 0 spiro atoms. The molecule has 0 aliphatic rings. The van der Waals surface area contributed by atoms with Crippen LogP contribution in [0.15, 0.2) is 34.2 Å². The van der Waals surface area contributed by atoms with Crippen LogP contribution in [0.5, 0.6) is 5.75 Å². The van der Waals surface area contributed by atoms with E-state index in [1.54, 1.807) is 24.3 Å². The van der Waals surface area contributed by atoms with Gasteiger partial charge in [0.25, 0.3) is 11.5 Å². The summed E-state index contributed by atoms with van der Waals surface area (Å²) in [5, 5.41) is 2.99. The molecule has 0 radical (unpaired) electrons. The van der Waals surface area contributed by atoms with Gasteiger partial charge in [-0.2, -0.15) is 0 Å². The molecule has 2 rings (SSSR count). The van der Waals surface area contributed by atoms with E-state index in [0.717, 1.165) is 25.4 Å². The number of carbonyl (C=O) groups is 1. The zero-order valence-electron chi connectivity index (χ0n) is 16.5. The van der Waals surface area contributed by atoms with Gasteiger partial charge in [-0.05, 0) is 45.0 Å². The number of anilines is 2. The Morgan fingerprint density at radius 1 is 1.25 bits per heavy atom. The number of amides is 1. The SMILES string of the molecule is CCOc1ccc(C(=O)Nc2c(N)nc(SCC[NH+](CC)CC)[nH]c2=O)cc1. The molecule has 1 amide bonds. The third kappa shape index (κ3) is 6.00. The zero-order chi connectivity index (χ0) is 20.5. The fourth-order valence-corrected chi connectivity index (χ4v) is 3.52. The van der Waals surface area contributed by atoms with E-state index in [4.69, 9.17) is 10.5 Å². The average Bonchev–Trinajstić information content (AvgIpc) is 2.69. The molecule has 9 heteroatoms. The van der Waals surface area contributed by atoms with E-state index < -0.39 is 11.5 Å². The second kappa shape index (κ2) is 10.7. The first-order valence-corrected chi connectivity index (χ1v) is 10.4. The fraction of sp³-hybridized carbons (Fsp3) is 0.421. The zero-order valence-corrected chi connectivity index (χ0v) is 17.3. The summed E-state index contributed by atoms with van der Waals surface area (Å²) in [6.45, 7) is 9.79. The van der Waals surface area contributed by atoms with Crippen molar-refractivity contribution in [1.29, 1.82) is 0 Å². The minimum absolute atomic E-state index is 0.000669. The number of benzene rings is 1. The predicted octanol–water partition coefficient (Wildman–Crippen LogP) is 1.02. The summed E-state index contributed by atoms with van der Waals surface area (Å²) in [5.41, 5.74) is 5.79. The molecule has 8 nitrogen and oxygen atoms in total. The fourth-order valence-electron chi connectivity index (χ4n) is 2.61. The van der Waals surface area contributed by atoms with Crippen molar-refractivity contribution in [2.75, 3.05) is 43.0 Å². The first kappa shape index (κ1) is 21.8. The van der Waals surface area contributed by atoms with Crippen LogP contribution in [0.25, 0.3) is 0 Å². The van der Waals surface area contributed by atoms with Crippen molar-refractivity contribution < 1.29 is 14.4 Å². The van der Waals surface area contributed by atoms with E-state index in [-0.39, 0.29) is 11.5 Å². The summed E-state index contributed by atoms with van der Waals surface area (Å²) in [6, 6.07) is 6.64. The van der Waals surface area contributed by atoms with E-state index >= 15 is 0 Å². The number of nitrogens with zero attached hydrogens (tertiary/aromatic N) is 1. The molecule has 0 saturated carbocycles. The molecule has 0 atom stereocenters. The maximum Gasteiger partial charge on any atom is 0.277 e. The van der Waals surface area contributed by atoms with Crippen LogP contribution in [0.2, 0.25) is 0 Å². The van der Waals surface area contributed by atoms with Crippen molar-refractivity contribution in [1.82, 2.24) is 9.97 Å². The van der Waals surface area contributed by atoms with Gasteiger partial charge in [0.1, 0.15) is 11.4 Å². The Hall–Kier alpha value is -2.52. The molecular formula is C19H28N5O3S+. The van der Waals surface area contributed by atoms with Crippen LogP contribution in [-0.2, 0) is 0 Å². The second-order valence-electron chi connectivity index (χ2n) is 6.10. The van der Waals surface area contributed by atoms with E-state index in [1.165, 1.54) is 16.7 Å².